The molecule has 0 fully saturated rings. The minimum atomic E-state index is 0.662. The summed E-state index contributed by atoms with van der Waals surface area (Å²) in [5.41, 5.74) is 3.47. The first-order chi connectivity index (χ1) is 7.76. The van der Waals surface area contributed by atoms with Crippen LogP contribution in [-0.4, -0.2) is 4.98 Å². The molecule has 0 amide bonds. The summed E-state index contributed by atoms with van der Waals surface area (Å²) in [5.74, 6) is 0. The Morgan fingerprint density at radius 2 is 2.00 bits per heavy atom. The van der Waals surface area contributed by atoms with Crippen LogP contribution in [0.2, 0.25) is 5.15 Å². The van der Waals surface area contributed by atoms with Gasteiger partial charge in [0.05, 0.1) is 5.52 Å². The number of aromatic nitrogens is 1. The highest BCUT2D eigenvalue weighted by Crippen LogP contribution is 2.24. The minimum absolute atomic E-state index is 0.662. The molecular formula is C14H16ClN. The number of nitrogens with zero attached hydrogens (tertiary/aromatic N) is 1. The Hall–Kier alpha value is -1.08. The SMILES string of the molecule is CCCc1cc2cccc(CC)c2nc1Cl. The molecule has 2 heteroatoms. The van der Waals surface area contributed by atoms with Crippen LogP contribution in [0.5, 0.6) is 0 Å². The standard InChI is InChI=1S/C14H16ClN/c1-3-6-12-9-11-8-5-7-10(4-2)13(11)16-14(12)15/h5,7-9H,3-4,6H2,1-2H3. The Bertz CT molecular complexity index is 505. The summed E-state index contributed by atoms with van der Waals surface area (Å²) in [6, 6.07) is 8.49. The van der Waals surface area contributed by atoms with E-state index in [1.54, 1.807) is 0 Å². The Morgan fingerprint density at radius 1 is 1.19 bits per heavy atom. The van der Waals surface area contributed by atoms with Crippen LogP contribution in [0.15, 0.2) is 24.3 Å². The van der Waals surface area contributed by atoms with Crippen molar-refractivity contribution in [3.8, 4) is 0 Å². The van der Waals surface area contributed by atoms with Gasteiger partial charge in [-0.2, -0.15) is 0 Å². The zero-order chi connectivity index (χ0) is 11.5. The predicted molar refractivity (Wildman–Crippen MR) is 70.1 cm³/mol. The van der Waals surface area contributed by atoms with Crippen LogP contribution in [0.3, 0.4) is 0 Å². The molecular weight excluding hydrogens is 218 g/mol. The summed E-state index contributed by atoms with van der Waals surface area (Å²) in [7, 11) is 0. The van der Waals surface area contributed by atoms with Crippen molar-refractivity contribution in [1.82, 2.24) is 4.98 Å². The van der Waals surface area contributed by atoms with Crippen LogP contribution in [0.25, 0.3) is 10.9 Å². The molecule has 0 saturated carbocycles. The second-order valence-corrected chi connectivity index (χ2v) is 4.39. The fourth-order valence-corrected chi connectivity index (χ4v) is 2.24. The van der Waals surface area contributed by atoms with E-state index in [1.807, 2.05) is 0 Å². The van der Waals surface area contributed by atoms with E-state index in [0.717, 1.165) is 30.3 Å². The predicted octanol–water partition coefficient (Wildman–Crippen LogP) is 4.40. The molecule has 0 N–H and O–H groups in total. The second kappa shape index (κ2) is 4.84. The number of hydrogen-bond acceptors (Lipinski definition) is 1. The molecule has 1 aromatic heterocycles. The monoisotopic (exact) mass is 233 g/mol. The van der Waals surface area contributed by atoms with Gasteiger partial charge in [-0.05, 0) is 30.0 Å². The first kappa shape index (κ1) is 11.4. The largest absolute Gasteiger partial charge is 0.236 e. The molecule has 84 valence electrons. The van der Waals surface area contributed by atoms with Gasteiger partial charge in [0, 0.05) is 5.39 Å². The highest BCUT2D eigenvalue weighted by atomic mass is 35.5. The van der Waals surface area contributed by atoms with Gasteiger partial charge in [0.15, 0.2) is 0 Å². The average Bonchev–Trinajstić information content (AvgIpc) is 2.30. The molecule has 1 aromatic carbocycles. The maximum atomic E-state index is 6.20. The molecule has 0 aliphatic carbocycles. The van der Waals surface area contributed by atoms with E-state index in [9.17, 15) is 0 Å². The molecule has 0 unspecified atom stereocenters. The molecule has 16 heavy (non-hydrogen) atoms. The third-order valence-corrected chi connectivity index (χ3v) is 3.18. The summed E-state index contributed by atoms with van der Waals surface area (Å²) in [4.78, 5) is 4.53. The highest BCUT2D eigenvalue weighted by Gasteiger charge is 2.06. The molecule has 0 aliphatic heterocycles. The summed E-state index contributed by atoms with van der Waals surface area (Å²) in [6.45, 7) is 4.30. The zero-order valence-corrected chi connectivity index (χ0v) is 10.5. The van der Waals surface area contributed by atoms with E-state index in [1.165, 1.54) is 10.9 Å². The Labute approximate surface area is 101 Å². The second-order valence-electron chi connectivity index (χ2n) is 4.03. The third kappa shape index (κ3) is 2.05. The van der Waals surface area contributed by atoms with Gasteiger partial charge < -0.3 is 0 Å². The average molecular weight is 234 g/mol. The highest BCUT2D eigenvalue weighted by molar-refractivity contribution is 6.30. The van der Waals surface area contributed by atoms with Crippen LogP contribution in [0, 0.1) is 0 Å². The van der Waals surface area contributed by atoms with Crippen molar-refractivity contribution in [3.05, 3.63) is 40.5 Å². The number of hydrogen-bond donors (Lipinski definition) is 0. The van der Waals surface area contributed by atoms with Gasteiger partial charge in [-0.25, -0.2) is 4.98 Å². The lowest BCUT2D eigenvalue weighted by Gasteiger charge is -2.07. The fraction of sp³-hybridized carbons (Fsp3) is 0.357. The number of benzene rings is 1. The topological polar surface area (TPSA) is 12.9 Å². The first-order valence-corrected chi connectivity index (χ1v) is 6.21. The Balaban J connectivity index is 2.63. The lowest BCUT2D eigenvalue weighted by molar-refractivity contribution is 0.917. The van der Waals surface area contributed by atoms with Gasteiger partial charge in [0.25, 0.3) is 0 Å². The van der Waals surface area contributed by atoms with Crippen molar-refractivity contribution in [3.63, 3.8) is 0 Å². The molecule has 0 atom stereocenters. The van der Waals surface area contributed by atoms with Crippen molar-refractivity contribution >= 4 is 22.5 Å². The third-order valence-electron chi connectivity index (χ3n) is 2.86. The minimum Gasteiger partial charge on any atom is -0.236 e. The van der Waals surface area contributed by atoms with Crippen LogP contribution in [-0.2, 0) is 12.8 Å². The summed E-state index contributed by atoms with van der Waals surface area (Å²) < 4.78 is 0. The number of halogens is 1. The fourth-order valence-electron chi connectivity index (χ4n) is 2.01. The quantitative estimate of drug-likeness (QED) is 0.716. The molecule has 0 bridgehead atoms. The van der Waals surface area contributed by atoms with Gasteiger partial charge in [0.2, 0.25) is 0 Å². The van der Waals surface area contributed by atoms with Gasteiger partial charge in [-0.15, -0.1) is 0 Å². The van der Waals surface area contributed by atoms with Crippen LogP contribution >= 0.6 is 11.6 Å². The maximum absolute atomic E-state index is 6.20. The normalized spacial score (nSPS) is 10.9. The van der Waals surface area contributed by atoms with Crippen molar-refractivity contribution < 1.29 is 0 Å². The molecule has 0 aliphatic rings. The van der Waals surface area contributed by atoms with E-state index in [2.05, 4.69) is 43.1 Å². The van der Waals surface area contributed by atoms with Crippen LogP contribution in [0.4, 0.5) is 0 Å². The maximum Gasteiger partial charge on any atom is 0.132 e. The van der Waals surface area contributed by atoms with E-state index < -0.39 is 0 Å². The molecule has 1 nitrogen and oxygen atoms in total. The number of pyridine rings is 1. The molecule has 1 heterocycles. The Kier molecular flexibility index (Phi) is 3.45. The Morgan fingerprint density at radius 3 is 2.69 bits per heavy atom. The van der Waals surface area contributed by atoms with Crippen LogP contribution < -0.4 is 0 Å². The van der Waals surface area contributed by atoms with Crippen LogP contribution in [0.1, 0.15) is 31.4 Å². The summed E-state index contributed by atoms with van der Waals surface area (Å²) in [6.07, 6.45) is 3.09. The van der Waals surface area contributed by atoms with E-state index in [4.69, 9.17) is 11.6 Å². The first-order valence-electron chi connectivity index (χ1n) is 5.83. The lowest BCUT2D eigenvalue weighted by atomic mass is 10.0. The molecule has 0 saturated heterocycles. The van der Waals surface area contributed by atoms with Crippen molar-refractivity contribution in [2.75, 3.05) is 0 Å². The van der Waals surface area contributed by atoms with E-state index in [-0.39, 0.29) is 0 Å². The molecule has 0 spiro atoms. The van der Waals surface area contributed by atoms with Gasteiger partial charge >= 0.3 is 0 Å². The number of para-hydroxylation sites is 1. The van der Waals surface area contributed by atoms with Gasteiger partial charge in [0.1, 0.15) is 5.15 Å². The van der Waals surface area contributed by atoms with Gasteiger partial charge in [-0.3, -0.25) is 0 Å². The zero-order valence-electron chi connectivity index (χ0n) is 9.76. The smallest absolute Gasteiger partial charge is 0.132 e. The lowest BCUT2D eigenvalue weighted by Crippen LogP contribution is -1.93. The van der Waals surface area contributed by atoms with Crippen molar-refractivity contribution in [2.24, 2.45) is 0 Å². The number of fused-ring (bicyclic) bond motifs is 1. The van der Waals surface area contributed by atoms with E-state index in [0.29, 0.717) is 5.15 Å². The van der Waals surface area contributed by atoms with Gasteiger partial charge in [-0.1, -0.05) is 50.1 Å². The van der Waals surface area contributed by atoms with Crippen molar-refractivity contribution in [1.29, 1.82) is 0 Å². The molecule has 2 aromatic rings. The summed E-state index contributed by atoms with van der Waals surface area (Å²) in [5, 5.41) is 1.86. The van der Waals surface area contributed by atoms with Crippen molar-refractivity contribution in [2.45, 2.75) is 33.1 Å². The summed E-state index contributed by atoms with van der Waals surface area (Å²) >= 11 is 6.20. The molecule has 0 radical (unpaired) electrons. The molecule has 2 rings (SSSR count). The number of aryl methyl sites for hydroxylation is 2. The van der Waals surface area contributed by atoms with E-state index >= 15 is 0 Å². The number of rotatable bonds is 3.